The van der Waals surface area contributed by atoms with E-state index < -0.39 is 6.04 Å². The molecule has 4 nitrogen and oxygen atoms in total. The van der Waals surface area contributed by atoms with Gasteiger partial charge < -0.3 is 15.5 Å². The highest BCUT2D eigenvalue weighted by atomic mass is 35.5. The number of anilines is 1. The van der Waals surface area contributed by atoms with Gasteiger partial charge in [-0.25, -0.2) is 0 Å². The Morgan fingerprint density at radius 2 is 1.94 bits per heavy atom. The van der Waals surface area contributed by atoms with E-state index in [1.807, 2.05) is 37.2 Å². The Morgan fingerprint density at radius 3 is 2.44 bits per heavy atom. The van der Waals surface area contributed by atoms with Crippen LogP contribution in [0, 0.1) is 0 Å². The molecule has 18 heavy (non-hydrogen) atoms. The Morgan fingerprint density at radius 1 is 1.33 bits per heavy atom. The molecule has 5 heteroatoms. The van der Waals surface area contributed by atoms with Crippen LogP contribution in [0.1, 0.15) is 12.5 Å². The van der Waals surface area contributed by atoms with Crippen LogP contribution < -0.4 is 10.6 Å². The fraction of sp³-hybridized carbons (Fsp3) is 0.462. The van der Waals surface area contributed by atoms with Crippen LogP contribution in [0.2, 0.25) is 0 Å². The lowest BCUT2D eigenvalue weighted by atomic mass is 10.1. The van der Waals surface area contributed by atoms with Gasteiger partial charge in [-0.15, -0.1) is 12.4 Å². The molecular formula is C13H22ClN3O. The molecule has 0 aliphatic carbocycles. The van der Waals surface area contributed by atoms with Crippen molar-refractivity contribution in [3.05, 3.63) is 29.8 Å². The standard InChI is InChI=1S/C13H21N3O.ClH/c1-10(14)13(17)16(4)9-11-6-5-7-12(8-11)15(2)3;/h5-8,10H,9,14H2,1-4H3;1H. The van der Waals surface area contributed by atoms with Gasteiger partial charge in [0.05, 0.1) is 6.04 Å². The average molecular weight is 272 g/mol. The first-order valence-corrected chi connectivity index (χ1v) is 5.68. The molecule has 1 unspecified atom stereocenters. The number of likely N-dealkylation sites (N-methyl/N-ethyl adjacent to an activating group) is 1. The summed E-state index contributed by atoms with van der Waals surface area (Å²) >= 11 is 0. The molecule has 0 fully saturated rings. The second kappa shape index (κ2) is 7.24. The van der Waals surface area contributed by atoms with Gasteiger partial charge >= 0.3 is 0 Å². The van der Waals surface area contributed by atoms with E-state index in [1.165, 1.54) is 0 Å². The van der Waals surface area contributed by atoms with Crippen molar-refractivity contribution in [3.8, 4) is 0 Å². The van der Waals surface area contributed by atoms with Crippen LogP contribution in [-0.4, -0.2) is 38.0 Å². The molecule has 0 saturated heterocycles. The summed E-state index contributed by atoms with van der Waals surface area (Å²) in [7, 11) is 5.76. The normalized spacial score (nSPS) is 11.4. The van der Waals surface area contributed by atoms with Crippen molar-refractivity contribution in [2.45, 2.75) is 19.5 Å². The van der Waals surface area contributed by atoms with Crippen LogP contribution in [0.25, 0.3) is 0 Å². The summed E-state index contributed by atoms with van der Waals surface area (Å²) in [5.41, 5.74) is 7.80. The maximum atomic E-state index is 11.7. The first kappa shape index (κ1) is 16.7. The van der Waals surface area contributed by atoms with Crippen molar-refractivity contribution >= 4 is 24.0 Å². The molecular weight excluding hydrogens is 250 g/mol. The minimum atomic E-state index is -0.447. The van der Waals surface area contributed by atoms with Gasteiger partial charge in [0, 0.05) is 33.4 Å². The van der Waals surface area contributed by atoms with Gasteiger partial charge in [-0.2, -0.15) is 0 Å². The zero-order chi connectivity index (χ0) is 13.0. The van der Waals surface area contributed by atoms with Crippen molar-refractivity contribution in [1.29, 1.82) is 0 Å². The number of benzene rings is 1. The largest absolute Gasteiger partial charge is 0.378 e. The van der Waals surface area contributed by atoms with Crippen LogP contribution >= 0.6 is 12.4 Å². The second-order valence-corrected chi connectivity index (χ2v) is 4.55. The molecule has 0 saturated carbocycles. The monoisotopic (exact) mass is 271 g/mol. The number of nitrogens with two attached hydrogens (primary N) is 1. The highest BCUT2D eigenvalue weighted by Gasteiger charge is 2.13. The number of rotatable bonds is 4. The first-order chi connectivity index (χ1) is 7.91. The number of halogens is 1. The molecule has 0 bridgehead atoms. The molecule has 1 atom stereocenters. The third-order valence-corrected chi connectivity index (χ3v) is 2.61. The lowest BCUT2D eigenvalue weighted by Gasteiger charge is -2.20. The highest BCUT2D eigenvalue weighted by molar-refractivity contribution is 5.85. The number of hydrogen-bond acceptors (Lipinski definition) is 3. The summed E-state index contributed by atoms with van der Waals surface area (Å²) in [6, 6.07) is 7.67. The van der Waals surface area contributed by atoms with Crippen molar-refractivity contribution in [2.75, 3.05) is 26.0 Å². The van der Waals surface area contributed by atoms with Crippen molar-refractivity contribution in [2.24, 2.45) is 5.73 Å². The van der Waals surface area contributed by atoms with Gasteiger partial charge in [0.15, 0.2) is 0 Å². The molecule has 0 aliphatic heterocycles. The summed E-state index contributed by atoms with van der Waals surface area (Å²) in [4.78, 5) is 15.3. The molecule has 0 spiro atoms. The zero-order valence-electron chi connectivity index (χ0n) is 11.4. The fourth-order valence-corrected chi connectivity index (χ4v) is 1.63. The maximum absolute atomic E-state index is 11.7. The van der Waals surface area contributed by atoms with Crippen LogP contribution in [0.5, 0.6) is 0 Å². The summed E-state index contributed by atoms with van der Waals surface area (Å²) in [6.07, 6.45) is 0. The smallest absolute Gasteiger partial charge is 0.239 e. The van der Waals surface area contributed by atoms with Gasteiger partial charge in [0.1, 0.15) is 0 Å². The van der Waals surface area contributed by atoms with Crippen LogP contribution in [-0.2, 0) is 11.3 Å². The molecule has 0 radical (unpaired) electrons. The maximum Gasteiger partial charge on any atom is 0.239 e. The van der Waals surface area contributed by atoms with E-state index in [2.05, 4.69) is 6.07 Å². The van der Waals surface area contributed by atoms with Gasteiger partial charge in [0.2, 0.25) is 5.91 Å². The van der Waals surface area contributed by atoms with Gasteiger partial charge in [-0.3, -0.25) is 4.79 Å². The third kappa shape index (κ3) is 4.55. The molecule has 102 valence electrons. The Bertz CT molecular complexity index is 394. The average Bonchev–Trinajstić information content (AvgIpc) is 2.28. The van der Waals surface area contributed by atoms with E-state index in [9.17, 15) is 4.79 Å². The Kier molecular flexibility index (Phi) is 6.73. The zero-order valence-corrected chi connectivity index (χ0v) is 12.2. The van der Waals surface area contributed by atoms with Crippen molar-refractivity contribution in [3.63, 3.8) is 0 Å². The molecule has 1 aromatic rings. The molecule has 0 aliphatic rings. The predicted molar refractivity (Wildman–Crippen MR) is 78.1 cm³/mol. The van der Waals surface area contributed by atoms with Gasteiger partial charge in [-0.05, 0) is 24.6 Å². The second-order valence-electron chi connectivity index (χ2n) is 4.55. The Labute approximate surface area is 115 Å². The van der Waals surface area contributed by atoms with Gasteiger partial charge in [0.25, 0.3) is 0 Å². The third-order valence-electron chi connectivity index (χ3n) is 2.61. The van der Waals surface area contributed by atoms with E-state index in [4.69, 9.17) is 5.73 Å². The topological polar surface area (TPSA) is 49.6 Å². The number of carbonyl (C=O) groups excluding carboxylic acids is 1. The van der Waals surface area contributed by atoms with E-state index in [0.29, 0.717) is 6.54 Å². The Balaban J connectivity index is 0.00000289. The van der Waals surface area contributed by atoms with E-state index in [0.717, 1.165) is 11.3 Å². The first-order valence-electron chi connectivity index (χ1n) is 5.68. The molecule has 0 aromatic heterocycles. The highest BCUT2D eigenvalue weighted by Crippen LogP contribution is 2.14. The predicted octanol–water partition coefficient (Wildman–Crippen LogP) is 1.48. The van der Waals surface area contributed by atoms with Crippen LogP contribution in [0.3, 0.4) is 0 Å². The van der Waals surface area contributed by atoms with Gasteiger partial charge in [-0.1, -0.05) is 12.1 Å². The quantitative estimate of drug-likeness (QED) is 0.903. The SMILES string of the molecule is CC(N)C(=O)N(C)Cc1cccc(N(C)C)c1.Cl. The molecule has 1 rings (SSSR count). The number of carbonyl (C=O) groups is 1. The molecule has 2 N–H and O–H groups in total. The minimum Gasteiger partial charge on any atom is -0.378 e. The number of nitrogens with zero attached hydrogens (tertiary/aromatic N) is 2. The van der Waals surface area contributed by atoms with E-state index in [1.54, 1.807) is 18.9 Å². The van der Waals surface area contributed by atoms with Crippen LogP contribution in [0.15, 0.2) is 24.3 Å². The Hall–Kier alpha value is -1.26. The lowest BCUT2D eigenvalue weighted by molar-refractivity contribution is -0.131. The van der Waals surface area contributed by atoms with Crippen LogP contribution in [0.4, 0.5) is 5.69 Å². The molecule has 0 heterocycles. The minimum absolute atomic E-state index is 0. The summed E-state index contributed by atoms with van der Waals surface area (Å²) < 4.78 is 0. The summed E-state index contributed by atoms with van der Waals surface area (Å²) in [5.74, 6) is -0.0414. The number of hydrogen-bond donors (Lipinski definition) is 1. The van der Waals surface area contributed by atoms with Crippen molar-refractivity contribution in [1.82, 2.24) is 4.90 Å². The molecule has 1 amide bonds. The van der Waals surface area contributed by atoms with Crippen molar-refractivity contribution < 1.29 is 4.79 Å². The van der Waals surface area contributed by atoms with E-state index >= 15 is 0 Å². The number of amides is 1. The van der Waals surface area contributed by atoms with E-state index in [-0.39, 0.29) is 18.3 Å². The summed E-state index contributed by atoms with van der Waals surface area (Å²) in [5, 5.41) is 0. The fourth-order valence-electron chi connectivity index (χ4n) is 1.63. The molecule has 1 aromatic carbocycles. The summed E-state index contributed by atoms with van der Waals surface area (Å²) in [6.45, 7) is 2.29. The lowest BCUT2D eigenvalue weighted by Crippen LogP contribution is -2.39.